The summed E-state index contributed by atoms with van der Waals surface area (Å²) < 4.78 is 0. The van der Waals surface area contributed by atoms with Crippen molar-refractivity contribution in [2.45, 2.75) is 69.7 Å². The topological polar surface area (TPSA) is 49.3 Å². The van der Waals surface area contributed by atoms with Gasteiger partial charge in [-0.1, -0.05) is 44.9 Å². The number of hydrogen-bond donors (Lipinski definition) is 2. The van der Waals surface area contributed by atoms with Gasteiger partial charge in [0.25, 0.3) is 0 Å². The molecule has 17 heavy (non-hydrogen) atoms. The summed E-state index contributed by atoms with van der Waals surface area (Å²) in [5.74, 6) is 0.209. The summed E-state index contributed by atoms with van der Waals surface area (Å²) in [6.45, 7) is 0.886. The zero-order chi connectivity index (χ0) is 12.1. The molecule has 2 N–H and O–H groups in total. The van der Waals surface area contributed by atoms with Crippen LogP contribution in [0.15, 0.2) is 0 Å². The summed E-state index contributed by atoms with van der Waals surface area (Å²) in [6.07, 6.45) is 11.5. The maximum Gasteiger partial charge on any atom is 0.323 e. The van der Waals surface area contributed by atoms with E-state index in [1.54, 1.807) is 0 Å². The molecule has 0 aromatic rings. The van der Waals surface area contributed by atoms with Crippen LogP contribution in [-0.2, 0) is 4.79 Å². The van der Waals surface area contributed by atoms with Crippen molar-refractivity contribution in [1.82, 2.24) is 5.32 Å². The SMILES string of the molecule is O=C(O)C1(NCCC2CCCC2)CCCCC1. The van der Waals surface area contributed by atoms with Crippen LogP contribution >= 0.6 is 0 Å². The van der Waals surface area contributed by atoms with E-state index in [4.69, 9.17) is 0 Å². The summed E-state index contributed by atoms with van der Waals surface area (Å²) in [7, 11) is 0. The molecule has 0 unspecified atom stereocenters. The lowest BCUT2D eigenvalue weighted by atomic mass is 9.81. The minimum atomic E-state index is -0.636. The van der Waals surface area contributed by atoms with Gasteiger partial charge in [0, 0.05) is 0 Å². The van der Waals surface area contributed by atoms with Gasteiger partial charge in [-0.15, -0.1) is 0 Å². The van der Waals surface area contributed by atoms with E-state index >= 15 is 0 Å². The Morgan fingerprint density at radius 2 is 1.76 bits per heavy atom. The molecule has 0 aromatic heterocycles. The largest absolute Gasteiger partial charge is 0.480 e. The molecule has 0 radical (unpaired) electrons. The Morgan fingerprint density at radius 1 is 1.12 bits per heavy atom. The fourth-order valence-electron chi connectivity index (χ4n) is 3.44. The van der Waals surface area contributed by atoms with Gasteiger partial charge in [-0.05, 0) is 31.7 Å². The van der Waals surface area contributed by atoms with Crippen molar-refractivity contribution in [1.29, 1.82) is 0 Å². The number of carbonyl (C=O) groups is 1. The van der Waals surface area contributed by atoms with E-state index in [2.05, 4.69) is 5.32 Å². The van der Waals surface area contributed by atoms with Gasteiger partial charge in [0.1, 0.15) is 5.54 Å². The predicted molar refractivity (Wildman–Crippen MR) is 68.0 cm³/mol. The van der Waals surface area contributed by atoms with Crippen LogP contribution in [0.3, 0.4) is 0 Å². The third-order valence-corrected chi connectivity index (χ3v) is 4.61. The van der Waals surface area contributed by atoms with Crippen LogP contribution < -0.4 is 5.32 Å². The third kappa shape index (κ3) is 3.21. The van der Waals surface area contributed by atoms with E-state index in [1.807, 2.05) is 0 Å². The highest BCUT2D eigenvalue weighted by Crippen LogP contribution is 2.30. The van der Waals surface area contributed by atoms with Crippen molar-refractivity contribution >= 4 is 5.97 Å². The summed E-state index contributed by atoms with van der Waals surface area (Å²) >= 11 is 0. The molecule has 2 aliphatic rings. The molecule has 2 fully saturated rings. The van der Waals surface area contributed by atoms with E-state index in [-0.39, 0.29) is 0 Å². The minimum Gasteiger partial charge on any atom is -0.480 e. The zero-order valence-electron chi connectivity index (χ0n) is 10.7. The van der Waals surface area contributed by atoms with Gasteiger partial charge in [0.2, 0.25) is 0 Å². The molecule has 3 nitrogen and oxygen atoms in total. The summed E-state index contributed by atoms with van der Waals surface area (Å²) in [4.78, 5) is 11.4. The second-order valence-electron chi connectivity index (χ2n) is 5.81. The molecule has 0 spiro atoms. The molecule has 2 rings (SSSR count). The molecule has 0 heterocycles. The van der Waals surface area contributed by atoms with Crippen molar-refractivity contribution in [3.8, 4) is 0 Å². The number of nitrogens with one attached hydrogen (secondary N) is 1. The minimum absolute atomic E-state index is 0.600. The van der Waals surface area contributed by atoms with Gasteiger partial charge in [-0.25, -0.2) is 0 Å². The summed E-state index contributed by atoms with van der Waals surface area (Å²) in [6, 6.07) is 0. The second kappa shape index (κ2) is 5.85. The van der Waals surface area contributed by atoms with Crippen LogP contribution in [-0.4, -0.2) is 23.2 Å². The van der Waals surface area contributed by atoms with Gasteiger partial charge in [0.05, 0.1) is 0 Å². The first-order valence-corrected chi connectivity index (χ1v) is 7.21. The van der Waals surface area contributed by atoms with Gasteiger partial charge in [-0.2, -0.15) is 0 Å². The number of aliphatic carboxylic acids is 1. The second-order valence-corrected chi connectivity index (χ2v) is 5.81. The zero-order valence-corrected chi connectivity index (χ0v) is 10.7. The summed E-state index contributed by atoms with van der Waals surface area (Å²) in [5.41, 5.74) is -0.600. The number of hydrogen-bond acceptors (Lipinski definition) is 2. The Morgan fingerprint density at radius 3 is 2.35 bits per heavy atom. The first-order chi connectivity index (χ1) is 8.23. The average molecular weight is 239 g/mol. The van der Waals surface area contributed by atoms with Crippen molar-refractivity contribution in [2.24, 2.45) is 5.92 Å². The van der Waals surface area contributed by atoms with Gasteiger partial charge in [0.15, 0.2) is 0 Å². The van der Waals surface area contributed by atoms with Gasteiger partial charge < -0.3 is 10.4 Å². The molecular weight excluding hydrogens is 214 g/mol. The highest BCUT2D eigenvalue weighted by Gasteiger charge is 2.38. The van der Waals surface area contributed by atoms with Crippen molar-refractivity contribution in [3.63, 3.8) is 0 Å². The molecule has 3 heteroatoms. The molecule has 0 amide bonds. The Labute approximate surface area is 104 Å². The van der Waals surface area contributed by atoms with Crippen LogP contribution in [0.1, 0.15) is 64.2 Å². The van der Waals surface area contributed by atoms with Crippen LogP contribution in [0, 0.1) is 5.92 Å². The Hall–Kier alpha value is -0.570. The molecule has 2 aliphatic carbocycles. The standard InChI is InChI=1S/C14H25NO2/c16-13(17)14(9-4-1-5-10-14)15-11-8-12-6-2-3-7-12/h12,15H,1-11H2,(H,16,17). The van der Waals surface area contributed by atoms with E-state index in [0.29, 0.717) is 0 Å². The molecule has 0 atom stereocenters. The maximum atomic E-state index is 11.4. The normalized spacial score (nSPS) is 24.9. The first kappa shape index (κ1) is 12.9. The van der Waals surface area contributed by atoms with Gasteiger partial charge >= 0.3 is 5.97 Å². The number of carboxylic acid groups (broad SMARTS) is 1. The van der Waals surface area contributed by atoms with Crippen molar-refractivity contribution < 1.29 is 9.90 Å². The van der Waals surface area contributed by atoms with E-state index in [0.717, 1.165) is 44.6 Å². The van der Waals surface area contributed by atoms with Crippen LogP contribution in [0.2, 0.25) is 0 Å². The fourth-order valence-corrected chi connectivity index (χ4v) is 3.44. The lowest BCUT2D eigenvalue weighted by Crippen LogP contribution is -2.53. The summed E-state index contributed by atoms with van der Waals surface area (Å²) in [5, 5.41) is 12.8. The van der Waals surface area contributed by atoms with Crippen LogP contribution in [0.5, 0.6) is 0 Å². The monoisotopic (exact) mass is 239 g/mol. The molecule has 98 valence electrons. The highest BCUT2D eigenvalue weighted by molar-refractivity contribution is 5.78. The predicted octanol–water partition coefficient (Wildman–Crippen LogP) is 2.94. The lowest BCUT2D eigenvalue weighted by molar-refractivity contribution is -0.146. The third-order valence-electron chi connectivity index (χ3n) is 4.61. The fraction of sp³-hybridized carbons (Fsp3) is 0.929. The smallest absolute Gasteiger partial charge is 0.323 e. The van der Waals surface area contributed by atoms with E-state index in [9.17, 15) is 9.90 Å². The number of carboxylic acids is 1. The highest BCUT2D eigenvalue weighted by atomic mass is 16.4. The molecule has 0 aliphatic heterocycles. The lowest BCUT2D eigenvalue weighted by Gasteiger charge is -2.34. The number of rotatable bonds is 5. The Balaban J connectivity index is 1.78. The van der Waals surface area contributed by atoms with E-state index in [1.165, 1.54) is 32.1 Å². The van der Waals surface area contributed by atoms with Crippen molar-refractivity contribution in [2.75, 3.05) is 6.54 Å². The quantitative estimate of drug-likeness (QED) is 0.775. The van der Waals surface area contributed by atoms with Crippen LogP contribution in [0.25, 0.3) is 0 Å². The molecule has 0 bridgehead atoms. The first-order valence-electron chi connectivity index (χ1n) is 7.21. The van der Waals surface area contributed by atoms with E-state index < -0.39 is 11.5 Å². The molecule has 2 saturated carbocycles. The Bertz CT molecular complexity index is 253. The average Bonchev–Trinajstić information content (AvgIpc) is 2.83. The maximum absolute atomic E-state index is 11.4. The van der Waals surface area contributed by atoms with Crippen molar-refractivity contribution in [3.05, 3.63) is 0 Å². The molecule has 0 saturated heterocycles. The Kier molecular flexibility index (Phi) is 4.43. The van der Waals surface area contributed by atoms with Gasteiger partial charge in [-0.3, -0.25) is 4.79 Å². The molecule has 0 aromatic carbocycles. The molecular formula is C14H25NO2. The van der Waals surface area contributed by atoms with Crippen LogP contribution in [0.4, 0.5) is 0 Å².